The number of benzene rings is 2. The van der Waals surface area contributed by atoms with Crippen molar-refractivity contribution < 1.29 is 4.92 Å². The molecule has 0 radical (unpaired) electrons. The van der Waals surface area contributed by atoms with Crippen molar-refractivity contribution in [3.05, 3.63) is 75.3 Å². The molecular weight excluding hydrogens is 272 g/mol. The van der Waals surface area contributed by atoms with E-state index in [-0.39, 0.29) is 5.69 Å². The van der Waals surface area contributed by atoms with Gasteiger partial charge >= 0.3 is 0 Å². The summed E-state index contributed by atoms with van der Waals surface area (Å²) in [7, 11) is 0. The van der Waals surface area contributed by atoms with E-state index in [9.17, 15) is 10.1 Å². The van der Waals surface area contributed by atoms with Crippen LogP contribution in [0.5, 0.6) is 0 Å². The smallest absolute Gasteiger partial charge is 0.270 e. The Kier molecular flexibility index (Phi) is 4.42. The number of aryl methyl sites for hydroxylation is 1. The Bertz CT molecular complexity index is 656. The molecule has 2 aromatic rings. The summed E-state index contributed by atoms with van der Waals surface area (Å²) in [6.07, 6.45) is 0. The van der Waals surface area contributed by atoms with Gasteiger partial charge in [-0.15, -0.1) is 0 Å². The molecule has 20 heavy (non-hydrogen) atoms. The number of nitrogens with zero attached hydrogens (tertiary/aromatic N) is 1. The van der Waals surface area contributed by atoms with Crippen LogP contribution in [0.2, 0.25) is 0 Å². The highest BCUT2D eigenvalue weighted by atomic mass is 32.1. The maximum atomic E-state index is 10.7. The second-order valence-corrected chi connectivity index (χ2v) is 4.89. The minimum Gasteiger partial charge on any atom is -0.372 e. The molecule has 0 aliphatic carbocycles. The maximum Gasteiger partial charge on any atom is 0.270 e. The number of nitrogens with one attached hydrogen (secondary N) is 1. The summed E-state index contributed by atoms with van der Waals surface area (Å²) < 4.78 is 0. The van der Waals surface area contributed by atoms with Gasteiger partial charge in [0.25, 0.3) is 5.69 Å². The lowest BCUT2D eigenvalue weighted by Gasteiger charge is -2.08. The lowest BCUT2D eigenvalue weighted by molar-refractivity contribution is -0.384. The zero-order valence-electron chi connectivity index (χ0n) is 11.0. The van der Waals surface area contributed by atoms with E-state index in [0.717, 1.165) is 5.56 Å². The molecule has 0 saturated carbocycles. The topological polar surface area (TPSA) is 55.2 Å². The van der Waals surface area contributed by atoms with Gasteiger partial charge in [0.1, 0.15) is 4.99 Å². The molecule has 1 N–H and O–H groups in total. The third-order valence-electron chi connectivity index (χ3n) is 2.85. The fourth-order valence-corrected chi connectivity index (χ4v) is 2.07. The predicted molar refractivity (Wildman–Crippen MR) is 82.8 cm³/mol. The van der Waals surface area contributed by atoms with E-state index in [1.54, 1.807) is 12.1 Å². The number of nitro groups is 1. The quantitative estimate of drug-likeness (QED) is 0.532. The SMILES string of the molecule is Cc1cccc(CNC(=S)c2cccc([N+](=O)[O-])c2)c1. The molecule has 0 spiro atoms. The summed E-state index contributed by atoms with van der Waals surface area (Å²) in [5, 5.41) is 13.9. The van der Waals surface area contributed by atoms with Gasteiger partial charge in [-0.1, -0.05) is 54.2 Å². The van der Waals surface area contributed by atoms with E-state index in [1.807, 2.05) is 25.1 Å². The third-order valence-corrected chi connectivity index (χ3v) is 3.23. The molecular formula is C15H14N2O2S. The molecule has 4 nitrogen and oxygen atoms in total. The summed E-state index contributed by atoms with van der Waals surface area (Å²) >= 11 is 5.26. The standard InChI is InChI=1S/C15H14N2O2S/c1-11-4-2-5-12(8-11)10-16-15(20)13-6-3-7-14(9-13)17(18)19/h2-9H,10H2,1H3,(H,16,20). The molecule has 0 saturated heterocycles. The summed E-state index contributed by atoms with van der Waals surface area (Å²) in [5.41, 5.74) is 3.01. The first-order chi connectivity index (χ1) is 9.56. The molecule has 0 heterocycles. The Morgan fingerprint density at radius 1 is 1.25 bits per heavy atom. The number of hydrogen-bond donors (Lipinski definition) is 1. The molecule has 0 fully saturated rings. The zero-order valence-corrected chi connectivity index (χ0v) is 11.8. The Labute approximate surface area is 122 Å². The van der Waals surface area contributed by atoms with Gasteiger partial charge in [0, 0.05) is 24.2 Å². The van der Waals surface area contributed by atoms with Crippen LogP contribution in [-0.2, 0) is 6.54 Å². The number of non-ortho nitro benzene ring substituents is 1. The minimum atomic E-state index is -0.424. The summed E-state index contributed by atoms with van der Waals surface area (Å²) in [5.74, 6) is 0. The summed E-state index contributed by atoms with van der Waals surface area (Å²) in [6.45, 7) is 2.63. The number of rotatable bonds is 4. The van der Waals surface area contributed by atoms with Crippen LogP contribution in [0.15, 0.2) is 48.5 Å². The van der Waals surface area contributed by atoms with Crippen LogP contribution in [0, 0.1) is 17.0 Å². The first-order valence-corrected chi connectivity index (χ1v) is 6.55. The second-order valence-electron chi connectivity index (χ2n) is 4.48. The number of hydrogen-bond acceptors (Lipinski definition) is 3. The Morgan fingerprint density at radius 3 is 2.70 bits per heavy atom. The van der Waals surface area contributed by atoms with Crippen molar-refractivity contribution in [3.8, 4) is 0 Å². The van der Waals surface area contributed by atoms with Gasteiger partial charge in [0.2, 0.25) is 0 Å². The second kappa shape index (κ2) is 6.25. The summed E-state index contributed by atoms with van der Waals surface area (Å²) in [6, 6.07) is 14.4. The average molecular weight is 286 g/mol. The molecule has 0 aliphatic rings. The van der Waals surface area contributed by atoms with Crippen LogP contribution in [0.4, 0.5) is 5.69 Å². The normalized spacial score (nSPS) is 10.1. The third kappa shape index (κ3) is 3.61. The van der Waals surface area contributed by atoms with Gasteiger partial charge in [0.05, 0.1) is 4.92 Å². The molecule has 0 aromatic heterocycles. The van der Waals surface area contributed by atoms with E-state index >= 15 is 0 Å². The average Bonchev–Trinajstić information content (AvgIpc) is 2.45. The van der Waals surface area contributed by atoms with E-state index in [4.69, 9.17) is 12.2 Å². The number of nitro benzene ring substituents is 1. The zero-order chi connectivity index (χ0) is 14.5. The van der Waals surface area contributed by atoms with Gasteiger partial charge < -0.3 is 5.32 Å². The van der Waals surface area contributed by atoms with Crippen molar-refractivity contribution in [2.75, 3.05) is 0 Å². The van der Waals surface area contributed by atoms with Crippen molar-refractivity contribution in [2.45, 2.75) is 13.5 Å². The lowest BCUT2D eigenvalue weighted by atomic mass is 10.1. The molecule has 2 aromatic carbocycles. The molecule has 0 atom stereocenters. The van der Waals surface area contributed by atoms with E-state index in [1.165, 1.54) is 17.7 Å². The molecule has 0 unspecified atom stereocenters. The highest BCUT2D eigenvalue weighted by Crippen LogP contribution is 2.13. The molecule has 2 rings (SSSR count). The van der Waals surface area contributed by atoms with Crippen LogP contribution in [-0.4, -0.2) is 9.91 Å². The van der Waals surface area contributed by atoms with Crippen LogP contribution in [0.25, 0.3) is 0 Å². The molecule has 0 amide bonds. The van der Waals surface area contributed by atoms with Crippen molar-refractivity contribution in [1.29, 1.82) is 0 Å². The van der Waals surface area contributed by atoms with Gasteiger partial charge in [-0.25, -0.2) is 0 Å². The molecule has 102 valence electrons. The number of thiocarbonyl (C=S) groups is 1. The lowest BCUT2D eigenvalue weighted by Crippen LogP contribution is -2.21. The Morgan fingerprint density at radius 2 is 2.00 bits per heavy atom. The first-order valence-electron chi connectivity index (χ1n) is 6.14. The fraction of sp³-hybridized carbons (Fsp3) is 0.133. The van der Waals surface area contributed by atoms with Crippen molar-refractivity contribution >= 4 is 22.9 Å². The summed E-state index contributed by atoms with van der Waals surface area (Å²) in [4.78, 5) is 10.8. The highest BCUT2D eigenvalue weighted by Gasteiger charge is 2.08. The largest absolute Gasteiger partial charge is 0.372 e. The van der Waals surface area contributed by atoms with Gasteiger partial charge in [-0.3, -0.25) is 10.1 Å². The molecule has 0 aliphatic heterocycles. The minimum absolute atomic E-state index is 0.0437. The van der Waals surface area contributed by atoms with E-state index in [0.29, 0.717) is 17.1 Å². The van der Waals surface area contributed by atoms with Crippen LogP contribution < -0.4 is 5.32 Å². The first kappa shape index (κ1) is 14.1. The van der Waals surface area contributed by atoms with Gasteiger partial charge in [0.15, 0.2) is 0 Å². The van der Waals surface area contributed by atoms with E-state index in [2.05, 4.69) is 11.4 Å². The van der Waals surface area contributed by atoms with Crippen molar-refractivity contribution in [2.24, 2.45) is 0 Å². The van der Waals surface area contributed by atoms with Crippen molar-refractivity contribution in [3.63, 3.8) is 0 Å². The molecule has 0 bridgehead atoms. The van der Waals surface area contributed by atoms with Crippen LogP contribution in [0.1, 0.15) is 16.7 Å². The van der Waals surface area contributed by atoms with E-state index < -0.39 is 4.92 Å². The van der Waals surface area contributed by atoms with Gasteiger partial charge in [-0.05, 0) is 12.5 Å². The molecule has 5 heteroatoms. The monoisotopic (exact) mass is 286 g/mol. The Hall–Kier alpha value is -2.27. The van der Waals surface area contributed by atoms with Gasteiger partial charge in [-0.2, -0.15) is 0 Å². The van der Waals surface area contributed by atoms with Crippen LogP contribution in [0.3, 0.4) is 0 Å². The van der Waals surface area contributed by atoms with Crippen LogP contribution >= 0.6 is 12.2 Å². The fourth-order valence-electron chi connectivity index (χ4n) is 1.87. The highest BCUT2D eigenvalue weighted by molar-refractivity contribution is 7.80. The predicted octanol–water partition coefficient (Wildman–Crippen LogP) is 3.37. The van der Waals surface area contributed by atoms with Crippen molar-refractivity contribution in [1.82, 2.24) is 5.32 Å². The maximum absolute atomic E-state index is 10.7. The Balaban J connectivity index is 2.05.